The van der Waals surface area contributed by atoms with Crippen LogP contribution in [-0.4, -0.2) is 42.4 Å². The van der Waals surface area contributed by atoms with Crippen LogP contribution in [0, 0.1) is 12.7 Å². The summed E-state index contributed by atoms with van der Waals surface area (Å²) in [5, 5.41) is 9.82. The number of nitrogens with zero attached hydrogens (tertiary/aromatic N) is 2. The van der Waals surface area contributed by atoms with E-state index < -0.39 is 5.56 Å². The number of aromatic amines is 1. The summed E-state index contributed by atoms with van der Waals surface area (Å²) in [6, 6.07) is 8.01. The number of aliphatic hydroxyl groups excluding tert-OH is 1. The Labute approximate surface area is 161 Å². The number of aromatic nitrogens is 2. The second kappa shape index (κ2) is 8.26. The number of halogens is 1. The molecule has 0 atom stereocenters. The molecule has 0 saturated heterocycles. The summed E-state index contributed by atoms with van der Waals surface area (Å²) < 4.78 is 24.8. The van der Waals surface area contributed by atoms with E-state index in [1.807, 2.05) is 0 Å². The average molecular weight is 387 g/mol. The number of anilines is 1. The second-order valence-corrected chi connectivity index (χ2v) is 6.26. The zero-order valence-electron chi connectivity index (χ0n) is 16.0. The Morgan fingerprint density at radius 1 is 1.25 bits per heavy atom. The van der Waals surface area contributed by atoms with E-state index in [1.165, 1.54) is 20.3 Å². The van der Waals surface area contributed by atoms with Crippen molar-refractivity contribution in [2.45, 2.75) is 13.5 Å². The molecule has 0 aliphatic rings. The molecule has 8 heteroatoms. The Morgan fingerprint density at radius 2 is 2.00 bits per heavy atom. The molecule has 0 spiro atoms. The summed E-state index contributed by atoms with van der Waals surface area (Å²) in [5.74, 6) is 0.814. The molecule has 148 valence electrons. The van der Waals surface area contributed by atoms with Gasteiger partial charge in [0.2, 0.25) is 5.95 Å². The number of fused-ring (bicyclic) bond motifs is 1. The smallest absolute Gasteiger partial charge is 0.282 e. The van der Waals surface area contributed by atoms with E-state index in [4.69, 9.17) is 9.47 Å². The molecular formula is C20H22FN3O4. The zero-order valence-corrected chi connectivity index (χ0v) is 16.0. The van der Waals surface area contributed by atoms with Crippen LogP contribution in [0.15, 0.2) is 35.1 Å². The SMILES string of the molecule is COc1cc2[nH]c(N(CCO)Cc3ccccc3F)nc(=O)c2c(C)c1OC. The van der Waals surface area contributed by atoms with Gasteiger partial charge in [-0.3, -0.25) is 4.79 Å². The summed E-state index contributed by atoms with van der Waals surface area (Å²) in [4.78, 5) is 21.6. The minimum atomic E-state index is -0.446. The fourth-order valence-electron chi connectivity index (χ4n) is 3.21. The van der Waals surface area contributed by atoms with Crippen LogP contribution in [0.5, 0.6) is 11.5 Å². The lowest BCUT2D eigenvalue weighted by Gasteiger charge is -2.23. The molecule has 0 amide bonds. The fourth-order valence-corrected chi connectivity index (χ4v) is 3.21. The predicted octanol–water partition coefficient (Wildman–Crippen LogP) is 2.39. The molecule has 2 aromatic carbocycles. The van der Waals surface area contributed by atoms with Gasteiger partial charge in [-0.25, -0.2) is 4.39 Å². The average Bonchev–Trinajstić information content (AvgIpc) is 2.68. The summed E-state index contributed by atoms with van der Waals surface area (Å²) >= 11 is 0. The Kier molecular flexibility index (Phi) is 5.79. The lowest BCUT2D eigenvalue weighted by atomic mass is 10.1. The van der Waals surface area contributed by atoms with Crippen molar-refractivity contribution < 1.29 is 19.0 Å². The van der Waals surface area contributed by atoms with E-state index in [2.05, 4.69) is 9.97 Å². The molecule has 3 rings (SSSR count). The summed E-state index contributed by atoms with van der Waals surface area (Å²) in [7, 11) is 3.02. The van der Waals surface area contributed by atoms with Crippen molar-refractivity contribution >= 4 is 16.9 Å². The van der Waals surface area contributed by atoms with Crippen LogP contribution in [0.4, 0.5) is 10.3 Å². The van der Waals surface area contributed by atoms with Gasteiger partial charge in [-0.15, -0.1) is 0 Å². The first kappa shape index (κ1) is 19.6. The number of methoxy groups -OCH3 is 2. The number of aryl methyl sites for hydroxylation is 1. The largest absolute Gasteiger partial charge is 0.493 e. The van der Waals surface area contributed by atoms with Crippen molar-refractivity contribution in [1.82, 2.24) is 9.97 Å². The van der Waals surface area contributed by atoms with Crippen LogP contribution in [0.1, 0.15) is 11.1 Å². The highest BCUT2D eigenvalue weighted by atomic mass is 19.1. The van der Waals surface area contributed by atoms with Crippen molar-refractivity contribution in [3.05, 3.63) is 57.6 Å². The second-order valence-electron chi connectivity index (χ2n) is 6.26. The molecule has 0 radical (unpaired) electrons. The summed E-state index contributed by atoms with van der Waals surface area (Å²) in [5.41, 5.74) is 1.11. The van der Waals surface area contributed by atoms with Crippen LogP contribution in [0.2, 0.25) is 0 Å². The van der Waals surface area contributed by atoms with Crippen molar-refractivity contribution in [1.29, 1.82) is 0 Å². The molecule has 2 N–H and O–H groups in total. The van der Waals surface area contributed by atoms with Gasteiger partial charge >= 0.3 is 0 Å². The summed E-state index contributed by atoms with van der Waals surface area (Å²) in [6.07, 6.45) is 0. The molecule has 0 fully saturated rings. The van der Waals surface area contributed by atoms with E-state index in [-0.39, 0.29) is 31.5 Å². The van der Waals surface area contributed by atoms with Gasteiger partial charge in [0.1, 0.15) is 5.82 Å². The van der Waals surface area contributed by atoms with Crippen molar-refractivity contribution in [2.24, 2.45) is 0 Å². The quantitative estimate of drug-likeness (QED) is 0.647. The van der Waals surface area contributed by atoms with E-state index in [0.29, 0.717) is 33.5 Å². The molecule has 1 heterocycles. The first-order chi connectivity index (χ1) is 13.5. The maximum Gasteiger partial charge on any atom is 0.282 e. The first-order valence-corrected chi connectivity index (χ1v) is 8.75. The van der Waals surface area contributed by atoms with Gasteiger partial charge in [0, 0.05) is 30.3 Å². The van der Waals surface area contributed by atoms with Crippen LogP contribution in [-0.2, 0) is 6.54 Å². The number of aliphatic hydroxyl groups is 1. The monoisotopic (exact) mass is 387 g/mol. The minimum Gasteiger partial charge on any atom is -0.493 e. The Balaban J connectivity index is 2.12. The Hall–Kier alpha value is -3.13. The third-order valence-corrected chi connectivity index (χ3v) is 4.56. The van der Waals surface area contributed by atoms with Crippen LogP contribution >= 0.6 is 0 Å². The topological polar surface area (TPSA) is 87.7 Å². The number of benzene rings is 2. The maximum atomic E-state index is 14.1. The van der Waals surface area contributed by atoms with Crippen LogP contribution in [0.25, 0.3) is 10.9 Å². The van der Waals surface area contributed by atoms with Crippen LogP contribution in [0.3, 0.4) is 0 Å². The first-order valence-electron chi connectivity index (χ1n) is 8.75. The highest BCUT2D eigenvalue weighted by molar-refractivity contribution is 5.86. The number of hydrogen-bond donors (Lipinski definition) is 2. The molecule has 0 aliphatic carbocycles. The third-order valence-electron chi connectivity index (χ3n) is 4.56. The van der Waals surface area contributed by atoms with Gasteiger partial charge in [-0.05, 0) is 13.0 Å². The van der Waals surface area contributed by atoms with Gasteiger partial charge in [-0.2, -0.15) is 4.98 Å². The molecule has 0 unspecified atom stereocenters. The highest BCUT2D eigenvalue weighted by Crippen LogP contribution is 2.35. The zero-order chi connectivity index (χ0) is 20.3. The van der Waals surface area contributed by atoms with Crippen molar-refractivity contribution in [3.8, 4) is 11.5 Å². The molecule has 0 bridgehead atoms. The summed E-state index contributed by atoms with van der Waals surface area (Å²) in [6.45, 7) is 1.90. The molecule has 3 aromatic rings. The molecular weight excluding hydrogens is 365 g/mol. The van der Waals surface area contributed by atoms with Gasteiger partial charge in [-0.1, -0.05) is 18.2 Å². The van der Waals surface area contributed by atoms with Gasteiger partial charge in [0.25, 0.3) is 5.56 Å². The third kappa shape index (κ3) is 3.63. The van der Waals surface area contributed by atoms with Gasteiger partial charge < -0.3 is 24.5 Å². The van der Waals surface area contributed by atoms with E-state index in [1.54, 1.807) is 36.1 Å². The van der Waals surface area contributed by atoms with Crippen molar-refractivity contribution in [2.75, 3.05) is 32.3 Å². The van der Waals surface area contributed by atoms with E-state index >= 15 is 0 Å². The highest BCUT2D eigenvalue weighted by Gasteiger charge is 2.18. The van der Waals surface area contributed by atoms with E-state index in [9.17, 15) is 14.3 Å². The van der Waals surface area contributed by atoms with E-state index in [0.717, 1.165) is 0 Å². The van der Waals surface area contributed by atoms with Gasteiger partial charge in [0.15, 0.2) is 11.5 Å². The standard InChI is InChI=1S/C20H22FN3O4/c1-12-17-15(10-16(27-2)18(12)28-3)22-20(23-19(17)26)24(8-9-25)11-13-6-4-5-7-14(13)21/h4-7,10,25H,8-9,11H2,1-3H3,(H,22,23,26). The molecule has 0 saturated carbocycles. The lowest BCUT2D eigenvalue weighted by molar-refractivity contribution is 0.300. The number of H-pyrrole nitrogens is 1. The maximum absolute atomic E-state index is 14.1. The Morgan fingerprint density at radius 3 is 2.64 bits per heavy atom. The predicted molar refractivity (Wildman–Crippen MR) is 105 cm³/mol. The van der Waals surface area contributed by atoms with Crippen molar-refractivity contribution in [3.63, 3.8) is 0 Å². The number of nitrogens with one attached hydrogen (secondary N) is 1. The number of hydrogen-bond acceptors (Lipinski definition) is 6. The Bertz CT molecular complexity index is 1050. The van der Waals surface area contributed by atoms with Crippen LogP contribution < -0.4 is 19.9 Å². The molecule has 7 nitrogen and oxygen atoms in total. The number of rotatable bonds is 7. The lowest BCUT2D eigenvalue weighted by Crippen LogP contribution is -2.30. The van der Waals surface area contributed by atoms with Gasteiger partial charge in [0.05, 0.1) is 31.7 Å². The minimum absolute atomic E-state index is 0.147. The normalized spacial score (nSPS) is 10.9. The molecule has 0 aliphatic heterocycles. The number of ether oxygens (including phenoxy) is 2. The molecule has 1 aromatic heterocycles. The fraction of sp³-hybridized carbons (Fsp3) is 0.300. The molecule has 28 heavy (non-hydrogen) atoms.